The van der Waals surface area contributed by atoms with E-state index in [4.69, 9.17) is 0 Å². The Morgan fingerprint density at radius 1 is 1.09 bits per heavy atom. The molecule has 0 unspecified atom stereocenters. The molecule has 0 saturated carbocycles. The molecule has 0 amide bonds. The van der Waals surface area contributed by atoms with Gasteiger partial charge in [0.15, 0.2) is 4.34 Å². The number of rotatable bonds is 6. The average Bonchev–Trinajstić information content (AvgIpc) is 3.02. The second-order valence-corrected chi connectivity index (χ2v) is 7.29. The van der Waals surface area contributed by atoms with Gasteiger partial charge in [-0.05, 0) is 24.1 Å². The maximum atomic E-state index is 13.6. The van der Waals surface area contributed by atoms with Crippen molar-refractivity contribution in [2.45, 2.75) is 23.6 Å². The van der Waals surface area contributed by atoms with E-state index in [0.717, 1.165) is 9.47 Å². The van der Waals surface area contributed by atoms with Crippen molar-refractivity contribution < 1.29 is 4.39 Å². The lowest BCUT2D eigenvalue weighted by atomic mass is 10.1. The van der Waals surface area contributed by atoms with Crippen LogP contribution in [0.15, 0.2) is 52.9 Å². The van der Waals surface area contributed by atoms with Gasteiger partial charge in [0.05, 0.1) is 0 Å². The largest absolute Gasteiger partial charge is 0.356 e. The Balaban J connectivity index is 1.53. The monoisotopic (exact) mass is 345 g/mol. The molecule has 0 atom stereocenters. The number of thioether (sulfide) groups is 1. The molecule has 0 aliphatic rings. The highest BCUT2D eigenvalue weighted by atomic mass is 32.2. The van der Waals surface area contributed by atoms with Gasteiger partial charge >= 0.3 is 0 Å². The molecule has 0 saturated heterocycles. The molecule has 1 aromatic heterocycles. The zero-order valence-electron chi connectivity index (χ0n) is 12.6. The molecular weight excluding hydrogens is 329 g/mol. The van der Waals surface area contributed by atoms with Crippen LogP contribution in [0.2, 0.25) is 0 Å². The molecule has 0 fully saturated rings. The van der Waals surface area contributed by atoms with Crippen molar-refractivity contribution in [2.24, 2.45) is 0 Å². The number of hydrogen-bond acceptors (Lipinski definition) is 5. The standard InChI is InChI=1S/C17H16FN3S2/c1-12-6-8-13(9-7-12)10-19-16-20-21-17(23-16)22-11-14-4-2-3-5-15(14)18/h2-9H,10-11H2,1H3,(H,19,20). The Hall–Kier alpha value is -1.92. The van der Waals surface area contributed by atoms with Crippen molar-refractivity contribution in [2.75, 3.05) is 5.32 Å². The molecule has 0 radical (unpaired) electrons. The summed E-state index contributed by atoms with van der Waals surface area (Å²) in [7, 11) is 0. The summed E-state index contributed by atoms with van der Waals surface area (Å²) >= 11 is 2.98. The predicted molar refractivity (Wildman–Crippen MR) is 94.4 cm³/mol. The normalized spacial score (nSPS) is 10.7. The molecule has 1 N–H and O–H groups in total. The first-order valence-electron chi connectivity index (χ1n) is 7.20. The van der Waals surface area contributed by atoms with E-state index in [0.29, 0.717) is 17.9 Å². The van der Waals surface area contributed by atoms with Crippen molar-refractivity contribution in [3.63, 3.8) is 0 Å². The summed E-state index contributed by atoms with van der Waals surface area (Å²) in [6.45, 7) is 2.79. The van der Waals surface area contributed by atoms with E-state index in [2.05, 4.69) is 46.7 Å². The van der Waals surface area contributed by atoms with Gasteiger partial charge in [0, 0.05) is 12.3 Å². The van der Waals surface area contributed by atoms with Gasteiger partial charge < -0.3 is 5.32 Å². The summed E-state index contributed by atoms with van der Waals surface area (Å²) in [5.74, 6) is 0.376. The minimum absolute atomic E-state index is 0.178. The van der Waals surface area contributed by atoms with E-state index >= 15 is 0 Å². The Morgan fingerprint density at radius 2 is 1.87 bits per heavy atom. The van der Waals surface area contributed by atoms with Crippen LogP contribution in [0.25, 0.3) is 0 Å². The van der Waals surface area contributed by atoms with Gasteiger partial charge in [-0.15, -0.1) is 10.2 Å². The summed E-state index contributed by atoms with van der Waals surface area (Å²) in [5.41, 5.74) is 3.13. The number of halogens is 1. The molecular formula is C17H16FN3S2. The SMILES string of the molecule is Cc1ccc(CNc2nnc(SCc3ccccc3F)s2)cc1. The average molecular weight is 345 g/mol. The third-order valence-corrected chi connectivity index (χ3v) is 5.34. The summed E-state index contributed by atoms with van der Waals surface area (Å²) in [6.07, 6.45) is 0. The van der Waals surface area contributed by atoms with Gasteiger partial charge in [-0.25, -0.2) is 4.39 Å². The number of anilines is 1. The number of aryl methyl sites for hydroxylation is 1. The van der Waals surface area contributed by atoms with E-state index in [1.807, 2.05) is 6.07 Å². The second kappa shape index (κ2) is 7.57. The zero-order valence-corrected chi connectivity index (χ0v) is 14.3. The van der Waals surface area contributed by atoms with E-state index < -0.39 is 0 Å². The Labute approximate surface area is 143 Å². The molecule has 1 heterocycles. The molecule has 0 aliphatic carbocycles. The minimum Gasteiger partial charge on any atom is -0.356 e. The molecule has 3 rings (SSSR count). The first-order chi connectivity index (χ1) is 11.2. The predicted octanol–water partition coefficient (Wildman–Crippen LogP) is 4.89. The zero-order chi connectivity index (χ0) is 16.1. The van der Waals surface area contributed by atoms with Gasteiger partial charge in [-0.3, -0.25) is 0 Å². The molecule has 3 nitrogen and oxygen atoms in total. The second-order valence-electron chi connectivity index (χ2n) is 5.09. The van der Waals surface area contributed by atoms with Crippen LogP contribution in [0.5, 0.6) is 0 Å². The van der Waals surface area contributed by atoms with Crippen LogP contribution in [-0.4, -0.2) is 10.2 Å². The highest BCUT2D eigenvalue weighted by Crippen LogP contribution is 2.29. The third-order valence-electron chi connectivity index (χ3n) is 3.28. The van der Waals surface area contributed by atoms with Crippen molar-refractivity contribution in [3.8, 4) is 0 Å². The first-order valence-corrected chi connectivity index (χ1v) is 9.00. The van der Waals surface area contributed by atoms with Crippen molar-refractivity contribution >= 4 is 28.2 Å². The lowest BCUT2D eigenvalue weighted by Gasteiger charge is -2.02. The fourth-order valence-corrected chi connectivity index (χ4v) is 3.71. The molecule has 118 valence electrons. The summed E-state index contributed by atoms with van der Waals surface area (Å²) in [6, 6.07) is 15.2. The Kier molecular flexibility index (Phi) is 5.25. The Morgan fingerprint density at radius 3 is 2.65 bits per heavy atom. The van der Waals surface area contributed by atoms with Gasteiger partial charge in [-0.1, -0.05) is 71.1 Å². The topological polar surface area (TPSA) is 37.8 Å². The highest BCUT2D eigenvalue weighted by Gasteiger charge is 2.07. The van der Waals surface area contributed by atoms with Crippen molar-refractivity contribution in [3.05, 3.63) is 71.0 Å². The minimum atomic E-state index is -0.178. The molecule has 0 bridgehead atoms. The third kappa shape index (κ3) is 4.53. The fourth-order valence-electron chi connectivity index (χ4n) is 1.98. The number of nitrogens with one attached hydrogen (secondary N) is 1. The maximum absolute atomic E-state index is 13.6. The van der Waals surface area contributed by atoms with E-state index in [1.54, 1.807) is 12.1 Å². The van der Waals surface area contributed by atoms with E-state index in [1.165, 1.54) is 40.3 Å². The lowest BCUT2D eigenvalue weighted by Crippen LogP contribution is -1.98. The number of aromatic nitrogens is 2. The quantitative estimate of drug-likeness (QED) is 0.646. The van der Waals surface area contributed by atoms with Crippen LogP contribution >= 0.6 is 23.1 Å². The lowest BCUT2D eigenvalue weighted by molar-refractivity contribution is 0.617. The van der Waals surface area contributed by atoms with Crippen LogP contribution in [0.1, 0.15) is 16.7 Å². The summed E-state index contributed by atoms with van der Waals surface area (Å²) in [5, 5.41) is 12.3. The summed E-state index contributed by atoms with van der Waals surface area (Å²) < 4.78 is 14.4. The number of nitrogens with zero attached hydrogens (tertiary/aromatic N) is 2. The number of benzene rings is 2. The number of hydrogen-bond donors (Lipinski definition) is 1. The smallest absolute Gasteiger partial charge is 0.206 e. The molecule has 0 aliphatic heterocycles. The van der Waals surface area contributed by atoms with E-state index in [9.17, 15) is 4.39 Å². The Bertz CT molecular complexity index is 772. The summed E-state index contributed by atoms with van der Waals surface area (Å²) in [4.78, 5) is 0. The van der Waals surface area contributed by atoms with Crippen LogP contribution in [0.3, 0.4) is 0 Å². The molecule has 3 aromatic rings. The van der Waals surface area contributed by atoms with Gasteiger partial charge in [0.1, 0.15) is 5.82 Å². The molecule has 0 spiro atoms. The molecule has 23 heavy (non-hydrogen) atoms. The van der Waals surface area contributed by atoms with Crippen molar-refractivity contribution in [1.82, 2.24) is 10.2 Å². The van der Waals surface area contributed by atoms with Gasteiger partial charge in [0.2, 0.25) is 5.13 Å². The first kappa shape index (κ1) is 16.0. The molecule has 6 heteroatoms. The van der Waals surface area contributed by atoms with Crippen LogP contribution in [0, 0.1) is 12.7 Å². The fraction of sp³-hybridized carbons (Fsp3) is 0.176. The van der Waals surface area contributed by atoms with Crippen LogP contribution in [0.4, 0.5) is 9.52 Å². The van der Waals surface area contributed by atoms with Crippen LogP contribution in [-0.2, 0) is 12.3 Å². The van der Waals surface area contributed by atoms with Gasteiger partial charge in [0.25, 0.3) is 0 Å². The van der Waals surface area contributed by atoms with Crippen LogP contribution < -0.4 is 5.32 Å². The van der Waals surface area contributed by atoms with Gasteiger partial charge in [-0.2, -0.15) is 0 Å². The highest BCUT2D eigenvalue weighted by molar-refractivity contribution is 8.00. The molecule has 2 aromatic carbocycles. The maximum Gasteiger partial charge on any atom is 0.206 e. The van der Waals surface area contributed by atoms with E-state index in [-0.39, 0.29) is 5.82 Å². The van der Waals surface area contributed by atoms with Crippen molar-refractivity contribution in [1.29, 1.82) is 0 Å².